The molecule has 0 bridgehead atoms. The first-order valence-electron chi connectivity index (χ1n) is 7.74. The standard InChI is InChI=1S/C16H26N4O2/c1-16(2,3)15-18-10(9-22-4)8-13(20-15)19-12-7-5-6-11(12)14(17)21/h8,11-12H,5-7,9H2,1-4H3,(H2,17,21)(H,18,19,20). The number of carbonyl (C=O) groups is 1. The van der Waals surface area contributed by atoms with E-state index < -0.39 is 0 Å². The van der Waals surface area contributed by atoms with Crippen LogP contribution in [0.15, 0.2) is 6.07 Å². The van der Waals surface area contributed by atoms with Crippen LogP contribution in [0.5, 0.6) is 0 Å². The summed E-state index contributed by atoms with van der Waals surface area (Å²) in [5, 5.41) is 3.38. The predicted molar refractivity (Wildman–Crippen MR) is 85.4 cm³/mol. The summed E-state index contributed by atoms with van der Waals surface area (Å²) < 4.78 is 5.19. The molecule has 0 saturated heterocycles. The van der Waals surface area contributed by atoms with Gasteiger partial charge in [0.2, 0.25) is 5.91 Å². The minimum absolute atomic E-state index is 0.0515. The van der Waals surface area contributed by atoms with Crippen LogP contribution in [0, 0.1) is 5.92 Å². The van der Waals surface area contributed by atoms with Crippen LogP contribution >= 0.6 is 0 Å². The van der Waals surface area contributed by atoms with Crippen molar-refractivity contribution >= 4 is 11.7 Å². The largest absolute Gasteiger partial charge is 0.378 e. The van der Waals surface area contributed by atoms with Crippen LogP contribution < -0.4 is 11.1 Å². The van der Waals surface area contributed by atoms with Gasteiger partial charge in [0.15, 0.2) is 0 Å². The van der Waals surface area contributed by atoms with Crippen LogP contribution in [-0.4, -0.2) is 29.0 Å². The summed E-state index contributed by atoms with van der Waals surface area (Å²) in [7, 11) is 1.64. The molecule has 22 heavy (non-hydrogen) atoms. The summed E-state index contributed by atoms with van der Waals surface area (Å²) in [4.78, 5) is 20.7. The fourth-order valence-corrected chi connectivity index (χ4v) is 2.79. The first-order valence-corrected chi connectivity index (χ1v) is 7.74. The summed E-state index contributed by atoms with van der Waals surface area (Å²) >= 11 is 0. The smallest absolute Gasteiger partial charge is 0.222 e. The topological polar surface area (TPSA) is 90.1 Å². The molecule has 1 aromatic heterocycles. The van der Waals surface area contributed by atoms with Gasteiger partial charge in [-0.2, -0.15) is 0 Å². The first-order chi connectivity index (χ1) is 10.3. The Morgan fingerprint density at radius 1 is 1.41 bits per heavy atom. The quantitative estimate of drug-likeness (QED) is 0.868. The highest BCUT2D eigenvalue weighted by Crippen LogP contribution is 2.29. The number of primary amides is 1. The normalized spacial score (nSPS) is 21.8. The van der Waals surface area contributed by atoms with E-state index in [0.717, 1.165) is 36.6 Å². The highest BCUT2D eigenvalue weighted by Gasteiger charge is 2.32. The maximum absolute atomic E-state index is 11.5. The molecule has 1 aromatic rings. The third kappa shape index (κ3) is 3.94. The molecule has 1 aliphatic carbocycles. The van der Waals surface area contributed by atoms with Crippen molar-refractivity contribution in [3.63, 3.8) is 0 Å². The van der Waals surface area contributed by atoms with E-state index in [4.69, 9.17) is 10.5 Å². The molecule has 3 N–H and O–H groups in total. The van der Waals surface area contributed by atoms with Crippen LogP contribution in [-0.2, 0) is 21.6 Å². The molecule has 1 amide bonds. The number of methoxy groups -OCH3 is 1. The van der Waals surface area contributed by atoms with Crippen molar-refractivity contribution in [1.82, 2.24) is 9.97 Å². The monoisotopic (exact) mass is 306 g/mol. The molecular formula is C16H26N4O2. The minimum atomic E-state index is -0.239. The average molecular weight is 306 g/mol. The Kier molecular flexibility index (Phi) is 5.01. The number of nitrogens with two attached hydrogens (primary N) is 1. The van der Waals surface area contributed by atoms with Crippen molar-refractivity contribution in [3.05, 3.63) is 17.6 Å². The zero-order valence-corrected chi connectivity index (χ0v) is 13.8. The maximum atomic E-state index is 11.5. The Hall–Kier alpha value is -1.69. The molecule has 1 heterocycles. The van der Waals surface area contributed by atoms with E-state index in [1.807, 2.05) is 6.07 Å². The van der Waals surface area contributed by atoms with E-state index in [1.54, 1.807) is 7.11 Å². The predicted octanol–water partition coefficient (Wildman–Crippen LogP) is 1.99. The van der Waals surface area contributed by atoms with Gasteiger partial charge in [0.05, 0.1) is 18.2 Å². The van der Waals surface area contributed by atoms with Gasteiger partial charge in [-0.3, -0.25) is 4.79 Å². The lowest BCUT2D eigenvalue weighted by Crippen LogP contribution is -2.34. The number of aromatic nitrogens is 2. The second-order valence-corrected chi connectivity index (χ2v) is 6.94. The van der Waals surface area contributed by atoms with Gasteiger partial charge in [-0.05, 0) is 12.8 Å². The molecule has 1 saturated carbocycles. The van der Waals surface area contributed by atoms with E-state index >= 15 is 0 Å². The fourth-order valence-electron chi connectivity index (χ4n) is 2.79. The first kappa shape index (κ1) is 16.7. The Bertz CT molecular complexity index is 539. The zero-order valence-electron chi connectivity index (χ0n) is 13.8. The number of hydrogen-bond donors (Lipinski definition) is 2. The second-order valence-electron chi connectivity index (χ2n) is 6.94. The molecule has 122 valence electrons. The summed E-state index contributed by atoms with van der Waals surface area (Å²) in [5.41, 5.74) is 6.17. The van der Waals surface area contributed by atoms with E-state index in [0.29, 0.717) is 6.61 Å². The van der Waals surface area contributed by atoms with Crippen molar-refractivity contribution < 1.29 is 9.53 Å². The van der Waals surface area contributed by atoms with Gasteiger partial charge >= 0.3 is 0 Å². The number of rotatable bonds is 5. The van der Waals surface area contributed by atoms with Gasteiger partial charge in [-0.25, -0.2) is 9.97 Å². The Morgan fingerprint density at radius 2 is 2.14 bits per heavy atom. The van der Waals surface area contributed by atoms with Crippen molar-refractivity contribution in [1.29, 1.82) is 0 Å². The van der Waals surface area contributed by atoms with Crippen molar-refractivity contribution in [3.8, 4) is 0 Å². The maximum Gasteiger partial charge on any atom is 0.222 e. The number of anilines is 1. The van der Waals surface area contributed by atoms with Gasteiger partial charge in [0.1, 0.15) is 11.6 Å². The molecule has 0 radical (unpaired) electrons. The lowest BCUT2D eigenvalue weighted by Gasteiger charge is -2.22. The van der Waals surface area contributed by atoms with Crippen LogP contribution in [0.25, 0.3) is 0 Å². The second kappa shape index (κ2) is 6.60. The summed E-state index contributed by atoms with van der Waals surface area (Å²) in [6.45, 7) is 6.66. The van der Waals surface area contributed by atoms with Gasteiger partial charge < -0.3 is 15.8 Å². The summed E-state index contributed by atoms with van der Waals surface area (Å²) in [5.74, 6) is 1.14. The molecule has 0 aliphatic heterocycles. The molecule has 1 fully saturated rings. The fraction of sp³-hybridized carbons (Fsp3) is 0.688. The molecule has 2 rings (SSSR count). The molecule has 1 aliphatic rings. The average Bonchev–Trinajstić information content (AvgIpc) is 2.86. The van der Waals surface area contributed by atoms with Crippen molar-refractivity contribution in [2.45, 2.75) is 58.1 Å². The summed E-state index contributed by atoms with van der Waals surface area (Å²) in [6, 6.07) is 1.94. The third-order valence-corrected chi connectivity index (χ3v) is 3.96. The van der Waals surface area contributed by atoms with Crippen molar-refractivity contribution in [2.24, 2.45) is 11.7 Å². The third-order valence-electron chi connectivity index (χ3n) is 3.96. The molecule has 2 atom stereocenters. The molecule has 0 aromatic carbocycles. The van der Waals surface area contributed by atoms with E-state index in [2.05, 4.69) is 36.1 Å². The van der Waals surface area contributed by atoms with Crippen LogP contribution in [0.4, 0.5) is 5.82 Å². The molecule has 6 heteroatoms. The lowest BCUT2D eigenvalue weighted by atomic mass is 9.95. The number of amides is 1. The van der Waals surface area contributed by atoms with Crippen LogP contribution in [0.2, 0.25) is 0 Å². The van der Waals surface area contributed by atoms with E-state index in [9.17, 15) is 4.79 Å². The SMILES string of the molecule is COCc1cc(NC2CCCC2C(N)=O)nc(C(C)(C)C)n1. The minimum Gasteiger partial charge on any atom is -0.378 e. The molecule has 6 nitrogen and oxygen atoms in total. The van der Waals surface area contributed by atoms with Crippen LogP contribution in [0.3, 0.4) is 0 Å². The highest BCUT2D eigenvalue weighted by molar-refractivity contribution is 5.78. The molecular weight excluding hydrogens is 280 g/mol. The summed E-state index contributed by atoms with van der Waals surface area (Å²) in [6.07, 6.45) is 2.78. The number of ether oxygens (including phenoxy) is 1. The Morgan fingerprint density at radius 3 is 2.73 bits per heavy atom. The molecule has 0 spiro atoms. The lowest BCUT2D eigenvalue weighted by molar-refractivity contribution is -0.121. The van der Waals surface area contributed by atoms with E-state index in [1.165, 1.54) is 0 Å². The van der Waals surface area contributed by atoms with Gasteiger partial charge in [-0.1, -0.05) is 27.2 Å². The molecule has 2 unspecified atom stereocenters. The van der Waals surface area contributed by atoms with Crippen molar-refractivity contribution in [2.75, 3.05) is 12.4 Å². The zero-order chi connectivity index (χ0) is 16.3. The Labute approximate surface area is 131 Å². The Balaban J connectivity index is 2.26. The number of hydrogen-bond acceptors (Lipinski definition) is 5. The van der Waals surface area contributed by atoms with Crippen LogP contribution in [0.1, 0.15) is 51.6 Å². The van der Waals surface area contributed by atoms with Gasteiger partial charge in [-0.15, -0.1) is 0 Å². The van der Waals surface area contributed by atoms with Gasteiger partial charge in [0, 0.05) is 24.6 Å². The van der Waals surface area contributed by atoms with E-state index in [-0.39, 0.29) is 23.3 Å². The highest BCUT2D eigenvalue weighted by atomic mass is 16.5. The van der Waals surface area contributed by atoms with Gasteiger partial charge in [0.25, 0.3) is 0 Å². The number of nitrogens with one attached hydrogen (secondary N) is 1. The number of carbonyl (C=O) groups excluding carboxylic acids is 1. The number of nitrogens with zero attached hydrogens (tertiary/aromatic N) is 2.